The van der Waals surface area contributed by atoms with Crippen LogP contribution in [0.3, 0.4) is 0 Å². The van der Waals surface area contributed by atoms with Gasteiger partial charge in [0, 0.05) is 31.4 Å². The summed E-state index contributed by atoms with van der Waals surface area (Å²) >= 11 is 0. The molecule has 0 aliphatic carbocycles. The van der Waals surface area contributed by atoms with Crippen molar-refractivity contribution in [2.24, 2.45) is 0 Å². The fourth-order valence-corrected chi connectivity index (χ4v) is 2.94. The standard InChI is InChI=1S/C17H21FN4O/c18-13-5-6-15-14(11-13)17(21-12-20-15)19-8-7-16(23)22-9-3-1-2-4-10-22/h5-6,11-12H,1-4,7-10H2,(H,19,20,21). The Bertz CT molecular complexity index is 683. The number of rotatable bonds is 4. The van der Waals surface area contributed by atoms with E-state index in [9.17, 15) is 9.18 Å². The van der Waals surface area contributed by atoms with E-state index in [1.807, 2.05) is 4.90 Å². The van der Waals surface area contributed by atoms with Crippen molar-refractivity contribution < 1.29 is 9.18 Å². The van der Waals surface area contributed by atoms with E-state index in [0.717, 1.165) is 25.9 Å². The van der Waals surface area contributed by atoms with Crippen LogP contribution in [0.1, 0.15) is 32.1 Å². The van der Waals surface area contributed by atoms with E-state index in [1.165, 1.54) is 31.3 Å². The first-order valence-electron chi connectivity index (χ1n) is 8.16. The molecular weight excluding hydrogens is 295 g/mol. The van der Waals surface area contributed by atoms with Crippen molar-refractivity contribution in [3.8, 4) is 0 Å². The molecule has 1 saturated heterocycles. The van der Waals surface area contributed by atoms with Crippen LogP contribution in [-0.2, 0) is 4.79 Å². The van der Waals surface area contributed by atoms with Gasteiger partial charge in [0.05, 0.1) is 5.52 Å². The van der Waals surface area contributed by atoms with E-state index in [1.54, 1.807) is 6.07 Å². The van der Waals surface area contributed by atoms with Gasteiger partial charge in [-0.3, -0.25) is 4.79 Å². The lowest BCUT2D eigenvalue weighted by Gasteiger charge is -2.20. The monoisotopic (exact) mass is 316 g/mol. The molecule has 6 heteroatoms. The Morgan fingerprint density at radius 3 is 2.74 bits per heavy atom. The molecule has 5 nitrogen and oxygen atoms in total. The van der Waals surface area contributed by atoms with Gasteiger partial charge in [-0.25, -0.2) is 14.4 Å². The van der Waals surface area contributed by atoms with Gasteiger partial charge in [0.25, 0.3) is 0 Å². The van der Waals surface area contributed by atoms with Gasteiger partial charge in [-0.05, 0) is 31.0 Å². The maximum atomic E-state index is 13.4. The number of benzene rings is 1. The molecule has 2 heterocycles. The molecule has 0 saturated carbocycles. The second-order valence-corrected chi connectivity index (χ2v) is 5.86. The fraction of sp³-hybridized carbons (Fsp3) is 0.471. The molecule has 3 rings (SSSR count). The second-order valence-electron chi connectivity index (χ2n) is 5.86. The predicted octanol–water partition coefficient (Wildman–Crippen LogP) is 2.97. The Morgan fingerprint density at radius 1 is 1.17 bits per heavy atom. The zero-order valence-electron chi connectivity index (χ0n) is 13.1. The van der Waals surface area contributed by atoms with E-state index in [0.29, 0.717) is 29.7 Å². The van der Waals surface area contributed by atoms with Crippen LogP contribution in [0.5, 0.6) is 0 Å². The molecule has 0 bridgehead atoms. The molecule has 1 amide bonds. The van der Waals surface area contributed by atoms with Crippen molar-refractivity contribution >= 4 is 22.6 Å². The first kappa shape index (κ1) is 15.6. The van der Waals surface area contributed by atoms with Crippen molar-refractivity contribution in [3.05, 3.63) is 30.3 Å². The third-order valence-electron chi connectivity index (χ3n) is 4.19. The van der Waals surface area contributed by atoms with Crippen molar-refractivity contribution in [2.45, 2.75) is 32.1 Å². The summed E-state index contributed by atoms with van der Waals surface area (Å²) in [5.74, 6) is 0.415. The number of carbonyl (C=O) groups is 1. The molecule has 0 atom stereocenters. The van der Waals surface area contributed by atoms with Gasteiger partial charge >= 0.3 is 0 Å². The lowest BCUT2D eigenvalue weighted by atomic mass is 10.2. The van der Waals surface area contributed by atoms with Crippen molar-refractivity contribution in [1.29, 1.82) is 0 Å². The summed E-state index contributed by atoms with van der Waals surface area (Å²) in [4.78, 5) is 22.5. The molecule has 1 N–H and O–H groups in total. The maximum absolute atomic E-state index is 13.4. The van der Waals surface area contributed by atoms with E-state index in [-0.39, 0.29) is 11.7 Å². The molecule has 1 aliphatic heterocycles. The number of likely N-dealkylation sites (tertiary alicyclic amines) is 1. The fourth-order valence-electron chi connectivity index (χ4n) is 2.94. The Hall–Kier alpha value is -2.24. The minimum Gasteiger partial charge on any atom is -0.369 e. The molecule has 0 radical (unpaired) electrons. The van der Waals surface area contributed by atoms with Crippen LogP contribution < -0.4 is 5.32 Å². The molecule has 122 valence electrons. The summed E-state index contributed by atoms with van der Waals surface area (Å²) in [6.45, 7) is 2.21. The van der Waals surface area contributed by atoms with E-state index >= 15 is 0 Å². The topological polar surface area (TPSA) is 58.1 Å². The number of halogens is 1. The summed E-state index contributed by atoms with van der Waals surface area (Å²) < 4.78 is 13.4. The Labute approximate surface area is 134 Å². The quantitative estimate of drug-likeness (QED) is 0.942. The van der Waals surface area contributed by atoms with Crippen LogP contribution in [0.15, 0.2) is 24.5 Å². The summed E-state index contributed by atoms with van der Waals surface area (Å²) in [7, 11) is 0. The molecule has 1 aliphatic rings. The summed E-state index contributed by atoms with van der Waals surface area (Å²) in [6, 6.07) is 4.41. The third kappa shape index (κ3) is 3.94. The Balaban J connectivity index is 1.60. The van der Waals surface area contributed by atoms with Crippen LogP contribution in [0.2, 0.25) is 0 Å². The lowest BCUT2D eigenvalue weighted by molar-refractivity contribution is -0.130. The first-order valence-corrected chi connectivity index (χ1v) is 8.16. The Kier molecular flexibility index (Phi) is 5.00. The van der Waals surface area contributed by atoms with Crippen LogP contribution in [0.4, 0.5) is 10.2 Å². The number of nitrogens with zero attached hydrogens (tertiary/aromatic N) is 3. The number of anilines is 1. The van der Waals surface area contributed by atoms with Crippen LogP contribution in [-0.4, -0.2) is 40.4 Å². The zero-order valence-corrected chi connectivity index (χ0v) is 13.1. The van der Waals surface area contributed by atoms with Crippen LogP contribution in [0.25, 0.3) is 10.9 Å². The van der Waals surface area contributed by atoms with Gasteiger partial charge < -0.3 is 10.2 Å². The van der Waals surface area contributed by atoms with Gasteiger partial charge in [0.15, 0.2) is 0 Å². The van der Waals surface area contributed by atoms with Gasteiger partial charge in [-0.1, -0.05) is 12.8 Å². The van der Waals surface area contributed by atoms with Crippen molar-refractivity contribution in [3.63, 3.8) is 0 Å². The van der Waals surface area contributed by atoms with E-state index in [4.69, 9.17) is 0 Å². The normalized spacial score (nSPS) is 15.4. The number of amides is 1. The molecule has 23 heavy (non-hydrogen) atoms. The summed E-state index contributed by atoms with van der Waals surface area (Å²) in [5, 5.41) is 3.77. The highest BCUT2D eigenvalue weighted by Gasteiger charge is 2.15. The molecule has 1 aromatic heterocycles. The molecule has 0 spiro atoms. The predicted molar refractivity (Wildman–Crippen MR) is 87.7 cm³/mol. The lowest BCUT2D eigenvalue weighted by Crippen LogP contribution is -2.32. The highest BCUT2D eigenvalue weighted by molar-refractivity contribution is 5.89. The maximum Gasteiger partial charge on any atom is 0.224 e. The Morgan fingerprint density at radius 2 is 1.96 bits per heavy atom. The largest absolute Gasteiger partial charge is 0.369 e. The number of nitrogens with one attached hydrogen (secondary N) is 1. The molecular formula is C17H21FN4O. The minimum absolute atomic E-state index is 0.170. The number of aromatic nitrogens is 2. The number of fused-ring (bicyclic) bond motifs is 1. The average molecular weight is 316 g/mol. The van der Waals surface area contributed by atoms with Crippen LogP contribution >= 0.6 is 0 Å². The number of carbonyl (C=O) groups excluding carboxylic acids is 1. The van der Waals surface area contributed by atoms with Crippen LogP contribution in [0, 0.1) is 5.82 Å². The number of hydrogen-bond donors (Lipinski definition) is 1. The highest BCUT2D eigenvalue weighted by Crippen LogP contribution is 2.20. The SMILES string of the molecule is O=C(CCNc1ncnc2ccc(F)cc12)N1CCCCCC1. The smallest absolute Gasteiger partial charge is 0.224 e. The zero-order chi connectivity index (χ0) is 16.1. The number of hydrogen-bond acceptors (Lipinski definition) is 4. The summed E-state index contributed by atoms with van der Waals surface area (Å²) in [5.41, 5.74) is 0.683. The van der Waals surface area contributed by atoms with E-state index in [2.05, 4.69) is 15.3 Å². The van der Waals surface area contributed by atoms with Crippen molar-refractivity contribution in [2.75, 3.05) is 25.0 Å². The van der Waals surface area contributed by atoms with E-state index < -0.39 is 0 Å². The van der Waals surface area contributed by atoms with Gasteiger partial charge in [0.2, 0.25) is 5.91 Å². The first-order chi connectivity index (χ1) is 11.2. The van der Waals surface area contributed by atoms with Crippen molar-refractivity contribution in [1.82, 2.24) is 14.9 Å². The summed E-state index contributed by atoms with van der Waals surface area (Å²) in [6.07, 6.45) is 6.46. The minimum atomic E-state index is -0.323. The third-order valence-corrected chi connectivity index (χ3v) is 4.19. The molecule has 0 unspecified atom stereocenters. The van der Waals surface area contributed by atoms with Gasteiger partial charge in [-0.2, -0.15) is 0 Å². The average Bonchev–Trinajstić information content (AvgIpc) is 2.84. The van der Waals surface area contributed by atoms with Gasteiger partial charge in [0.1, 0.15) is 18.0 Å². The molecule has 1 fully saturated rings. The molecule has 1 aromatic carbocycles. The highest BCUT2D eigenvalue weighted by atomic mass is 19.1. The van der Waals surface area contributed by atoms with Gasteiger partial charge in [-0.15, -0.1) is 0 Å². The second kappa shape index (κ2) is 7.35. The molecule has 2 aromatic rings.